The van der Waals surface area contributed by atoms with E-state index in [9.17, 15) is 14.7 Å². The van der Waals surface area contributed by atoms with Crippen molar-refractivity contribution in [2.24, 2.45) is 0 Å². The Hall–Kier alpha value is -2.58. The van der Waals surface area contributed by atoms with Gasteiger partial charge < -0.3 is 25.2 Å². The molecule has 0 bridgehead atoms. The number of fused-ring (bicyclic) bond motifs is 3. The van der Waals surface area contributed by atoms with E-state index in [1.54, 1.807) is 30.3 Å². The zero-order valence-electron chi connectivity index (χ0n) is 17.9. The summed E-state index contributed by atoms with van der Waals surface area (Å²) < 4.78 is 6.06. The highest BCUT2D eigenvalue weighted by Gasteiger charge is 2.50. The van der Waals surface area contributed by atoms with Crippen LogP contribution in [0.3, 0.4) is 0 Å². The van der Waals surface area contributed by atoms with Crippen molar-refractivity contribution in [1.29, 1.82) is 0 Å². The second-order valence-electron chi connectivity index (χ2n) is 8.06. The Labute approximate surface area is 201 Å². The van der Waals surface area contributed by atoms with Gasteiger partial charge in [-0.25, -0.2) is 0 Å². The smallest absolute Gasteiger partial charge is 0.247 e. The minimum atomic E-state index is -1.09. The molecule has 1 aliphatic carbocycles. The number of rotatable bonds is 6. The number of nitrogens with zero attached hydrogens (tertiary/aromatic N) is 1. The van der Waals surface area contributed by atoms with Gasteiger partial charge in [0, 0.05) is 41.2 Å². The number of halogens is 2. The Balaban J connectivity index is 1.74. The standard InChI is InChI=1S/C24H24Cl2N2O5/c1-13(30)28(12-14-6-7-15(25)10-18(14)26)19-11-17(24(32)27-8-9-29)21-16-4-2-3-5-20(16)33-23(21)22(19)31/h2-7,10-11,19,21-23,29,31H,8-9,12H2,1H3,(H,27,32)/t19-,21+,22+,23+/m1/s1. The molecule has 1 heterocycles. The SMILES string of the molecule is CC(=O)N(Cc1ccc(Cl)cc1Cl)[C@@H]1C=C(C(=O)NCCO)[C@@H]2c3ccccc3O[C@@H]2[C@H]1O. The fourth-order valence-corrected chi connectivity index (χ4v) is 4.92. The van der Waals surface area contributed by atoms with Gasteiger partial charge in [-0.2, -0.15) is 0 Å². The summed E-state index contributed by atoms with van der Waals surface area (Å²) in [6.07, 6.45) is -0.225. The summed E-state index contributed by atoms with van der Waals surface area (Å²) in [6, 6.07) is 11.5. The third-order valence-corrected chi connectivity index (χ3v) is 6.58. The van der Waals surface area contributed by atoms with Gasteiger partial charge >= 0.3 is 0 Å². The summed E-state index contributed by atoms with van der Waals surface area (Å²) in [5.74, 6) is -0.600. The number of carbonyl (C=O) groups is 2. The van der Waals surface area contributed by atoms with Gasteiger partial charge in [0.05, 0.1) is 18.6 Å². The Bertz CT molecular complexity index is 1110. The van der Waals surface area contributed by atoms with E-state index in [-0.39, 0.29) is 31.5 Å². The first-order valence-electron chi connectivity index (χ1n) is 10.6. The topological polar surface area (TPSA) is 99.1 Å². The highest BCUT2D eigenvalue weighted by molar-refractivity contribution is 6.35. The minimum absolute atomic E-state index is 0.0834. The maximum Gasteiger partial charge on any atom is 0.247 e. The highest BCUT2D eigenvalue weighted by Crippen LogP contribution is 2.47. The molecule has 2 aromatic carbocycles. The third-order valence-electron chi connectivity index (χ3n) is 6.00. The Morgan fingerprint density at radius 1 is 1.18 bits per heavy atom. The predicted octanol–water partition coefficient (Wildman–Crippen LogP) is 2.66. The molecule has 0 saturated carbocycles. The number of carbonyl (C=O) groups excluding carboxylic acids is 2. The zero-order valence-corrected chi connectivity index (χ0v) is 19.4. The molecule has 4 atom stereocenters. The molecular weight excluding hydrogens is 467 g/mol. The van der Waals surface area contributed by atoms with Crippen LogP contribution < -0.4 is 10.1 Å². The molecule has 33 heavy (non-hydrogen) atoms. The van der Waals surface area contributed by atoms with E-state index in [4.69, 9.17) is 33.0 Å². The largest absolute Gasteiger partial charge is 0.486 e. The van der Waals surface area contributed by atoms with Crippen LogP contribution in [0.5, 0.6) is 5.75 Å². The molecule has 2 aliphatic rings. The van der Waals surface area contributed by atoms with Gasteiger partial charge in [-0.3, -0.25) is 9.59 Å². The molecule has 2 amide bonds. The lowest BCUT2D eigenvalue weighted by Gasteiger charge is -2.40. The average Bonchev–Trinajstić information content (AvgIpc) is 3.18. The number of hydrogen-bond donors (Lipinski definition) is 3. The van der Waals surface area contributed by atoms with Crippen LogP contribution in [0.15, 0.2) is 54.1 Å². The van der Waals surface area contributed by atoms with Crippen LogP contribution in [0.25, 0.3) is 0 Å². The lowest BCUT2D eigenvalue weighted by atomic mass is 9.77. The molecule has 9 heteroatoms. The van der Waals surface area contributed by atoms with Crippen molar-refractivity contribution in [3.63, 3.8) is 0 Å². The minimum Gasteiger partial charge on any atom is -0.486 e. The van der Waals surface area contributed by atoms with E-state index in [1.165, 1.54) is 11.8 Å². The van der Waals surface area contributed by atoms with Gasteiger partial charge in [0.1, 0.15) is 18.0 Å². The van der Waals surface area contributed by atoms with Crippen LogP contribution in [0.1, 0.15) is 24.0 Å². The maximum absolute atomic E-state index is 13.0. The Kier molecular flexibility index (Phi) is 6.95. The van der Waals surface area contributed by atoms with Crippen LogP contribution in [-0.4, -0.2) is 58.3 Å². The number of aliphatic hydroxyl groups excluding tert-OH is 2. The van der Waals surface area contributed by atoms with Crippen molar-refractivity contribution >= 4 is 35.0 Å². The molecule has 0 radical (unpaired) electrons. The summed E-state index contributed by atoms with van der Waals surface area (Å²) in [6.45, 7) is 1.38. The van der Waals surface area contributed by atoms with Gasteiger partial charge in [-0.15, -0.1) is 0 Å². The number of hydrogen-bond acceptors (Lipinski definition) is 5. The first-order valence-corrected chi connectivity index (χ1v) is 11.3. The molecule has 2 aromatic rings. The number of para-hydroxylation sites is 1. The molecule has 0 spiro atoms. The third kappa shape index (κ3) is 4.59. The van der Waals surface area contributed by atoms with E-state index >= 15 is 0 Å². The quantitative estimate of drug-likeness (QED) is 0.577. The van der Waals surface area contributed by atoms with Crippen molar-refractivity contribution in [1.82, 2.24) is 10.2 Å². The van der Waals surface area contributed by atoms with Crippen LogP contribution >= 0.6 is 23.2 Å². The van der Waals surface area contributed by atoms with Crippen molar-refractivity contribution < 1.29 is 24.5 Å². The van der Waals surface area contributed by atoms with Gasteiger partial charge in [0.25, 0.3) is 0 Å². The summed E-state index contributed by atoms with van der Waals surface area (Å²) in [5, 5.41) is 24.0. The fraction of sp³-hybridized carbons (Fsp3) is 0.333. The monoisotopic (exact) mass is 490 g/mol. The van der Waals surface area contributed by atoms with Gasteiger partial charge in [0.15, 0.2) is 0 Å². The molecular formula is C24H24Cl2N2O5. The molecule has 0 saturated heterocycles. The number of aliphatic hydroxyl groups is 2. The first-order chi connectivity index (χ1) is 15.8. The molecule has 7 nitrogen and oxygen atoms in total. The molecule has 0 unspecified atom stereocenters. The van der Waals surface area contributed by atoms with Crippen LogP contribution in [0.2, 0.25) is 10.0 Å². The van der Waals surface area contributed by atoms with E-state index in [2.05, 4.69) is 5.32 Å². The van der Waals surface area contributed by atoms with Crippen molar-refractivity contribution in [2.75, 3.05) is 13.2 Å². The number of nitrogens with one attached hydrogen (secondary N) is 1. The van der Waals surface area contributed by atoms with Gasteiger partial charge in [-0.05, 0) is 29.8 Å². The molecule has 3 N–H and O–H groups in total. The van der Waals surface area contributed by atoms with Crippen molar-refractivity contribution in [3.05, 3.63) is 75.3 Å². The maximum atomic E-state index is 13.0. The van der Waals surface area contributed by atoms with Crippen molar-refractivity contribution in [2.45, 2.75) is 37.6 Å². The second kappa shape index (κ2) is 9.73. The lowest BCUT2D eigenvalue weighted by molar-refractivity contribution is -0.135. The molecule has 1 aliphatic heterocycles. The van der Waals surface area contributed by atoms with Crippen molar-refractivity contribution in [3.8, 4) is 5.75 Å². The molecule has 0 aromatic heterocycles. The Morgan fingerprint density at radius 3 is 2.64 bits per heavy atom. The summed E-state index contributed by atoms with van der Waals surface area (Å²) in [7, 11) is 0. The summed E-state index contributed by atoms with van der Waals surface area (Å²) >= 11 is 12.3. The first kappa shape index (κ1) is 23.6. The van der Waals surface area contributed by atoms with Crippen LogP contribution in [-0.2, 0) is 16.1 Å². The molecule has 174 valence electrons. The van der Waals surface area contributed by atoms with Gasteiger partial charge in [-0.1, -0.05) is 47.5 Å². The number of benzene rings is 2. The average molecular weight is 491 g/mol. The zero-order chi connectivity index (χ0) is 23.7. The highest BCUT2D eigenvalue weighted by atomic mass is 35.5. The van der Waals surface area contributed by atoms with E-state index in [1.807, 2.05) is 18.2 Å². The van der Waals surface area contributed by atoms with E-state index in [0.717, 1.165) is 5.56 Å². The molecule has 0 fully saturated rings. The van der Waals surface area contributed by atoms with Crippen LogP contribution in [0.4, 0.5) is 0 Å². The van der Waals surface area contributed by atoms with Crippen LogP contribution in [0, 0.1) is 0 Å². The number of amides is 2. The van der Waals surface area contributed by atoms with E-state index in [0.29, 0.717) is 26.9 Å². The summed E-state index contributed by atoms with van der Waals surface area (Å²) in [5.41, 5.74) is 1.82. The predicted molar refractivity (Wildman–Crippen MR) is 124 cm³/mol. The normalized spacial score (nSPS) is 23.1. The van der Waals surface area contributed by atoms with E-state index < -0.39 is 24.2 Å². The fourth-order valence-electron chi connectivity index (χ4n) is 4.45. The second-order valence-corrected chi connectivity index (χ2v) is 8.91. The lowest BCUT2D eigenvalue weighted by Crippen LogP contribution is -2.55. The van der Waals surface area contributed by atoms with Gasteiger partial charge in [0.2, 0.25) is 11.8 Å². The number of ether oxygens (including phenoxy) is 1. The Morgan fingerprint density at radius 2 is 1.94 bits per heavy atom. The molecule has 4 rings (SSSR count). The summed E-state index contributed by atoms with van der Waals surface area (Å²) in [4.78, 5) is 27.2.